The van der Waals surface area contributed by atoms with E-state index in [9.17, 15) is 18.0 Å². The molecule has 0 spiro atoms. The number of halogens is 1. The highest BCUT2D eigenvalue weighted by molar-refractivity contribution is 9.10. The highest BCUT2D eigenvalue weighted by Gasteiger charge is 2.29. The molecule has 9 heteroatoms. The molecule has 1 saturated heterocycles. The van der Waals surface area contributed by atoms with E-state index in [0.717, 1.165) is 4.47 Å². The summed E-state index contributed by atoms with van der Waals surface area (Å²) < 4.78 is 23.6. The van der Waals surface area contributed by atoms with Crippen LogP contribution in [0.1, 0.15) is 13.3 Å². The second-order valence-corrected chi connectivity index (χ2v) is 8.58. The summed E-state index contributed by atoms with van der Waals surface area (Å²) in [5, 5.41) is 7.76. The summed E-state index contributed by atoms with van der Waals surface area (Å²) >= 11 is 3.30. The van der Waals surface area contributed by atoms with Crippen molar-refractivity contribution in [2.75, 3.05) is 16.8 Å². The van der Waals surface area contributed by atoms with Gasteiger partial charge in [0.25, 0.3) is 0 Å². The van der Waals surface area contributed by atoms with Crippen molar-refractivity contribution >= 4 is 43.4 Å². The molecule has 1 heterocycles. The number of carbonyl (C=O) groups excluding carboxylic acids is 2. The van der Waals surface area contributed by atoms with Crippen molar-refractivity contribution in [2.45, 2.75) is 25.4 Å². The lowest BCUT2D eigenvalue weighted by Gasteiger charge is -2.17. The molecule has 0 aromatic heterocycles. The summed E-state index contributed by atoms with van der Waals surface area (Å²) in [5.41, 5.74) is 0.620. The summed E-state index contributed by atoms with van der Waals surface area (Å²) in [7, 11) is -3.06. The Kier molecular flexibility index (Phi) is 5.64. The maximum absolute atomic E-state index is 12.0. The first-order valence-electron chi connectivity index (χ1n) is 7.09. The first kappa shape index (κ1) is 17.7. The topological polar surface area (TPSA) is 104 Å². The van der Waals surface area contributed by atoms with Gasteiger partial charge in [-0.3, -0.25) is 4.79 Å². The number of hydrogen-bond acceptors (Lipinski definition) is 4. The predicted octanol–water partition coefficient (Wildman–Crippen LogP) is 1.26. The van der Waals surface area contributed by atoms with E-state index in [2.05, 4.69) is 31.9 Å². The molecule has 7 nitrogen and oxygen atoms in total. The van der Waals surface area contributed by atoms with Crippen LogP contribution in [-0.4, -0.2) is 43.9 Å². The number of carbonyl (C=O) groups is 2. The van der Waals surface area contributed by atoms with E-state index in [1.807, 2.05) is 0 Å². The van der Waals surface area contributed by atoms with Crippen molar-refractivity contribution < 1.29 is 18.0 Å². The Balaban J connectivity index is 1.81. The van der Waals surface area contributed by atoms with Gasteiger partial charge < -0.3 is 16.0 Å². The van der Waals surface area contributed by atoms with Crippen LogP contribution in [0.25, 0.3) is 0 Å². The molecule has 0 bridgehead atoms. The zero-order valence-corrected chi connectivity index (χ0v) is 14.9. The van der Waals surface area contributed by atoms with E-state index < -0.39 is 28.0 Å². The third-order valence-electron chi connectivity index (χ3n) is 3.42. The van der Waals surface area contributed by atoms with Gasteiger partial charge >= 0.3 is 6.03 Å². The second kappa shape index (κ2) is 7.31. The molecule has 1 aromatic carbocycles. The molecule has 1 aliphatic heterocycles. The molecule has 3 amide bonds. The first-order chi connectivity index (χ1) is 10.7. The van der Waals surface area contributed by atoms with Gasteiger partial charge in [0.1, 0.15) is 6.04 Å². The second-order valence-electron chi connectivity index (χ2n) is 5.44. The van der Waals surface area contributed by atoms with Crippen LogP contribution in [0.5, 0.6) is 0 Å². The van der Waals surface area contributed by atoms with Gasteiger partial charge in [-0.25, -0.2) is 13.2 Å². The first-order valence-corrected chi connectivity index (χ1v) is 9.70. The molecular weight excluding hydrogens is 386 g/mol. The summed E-state index contributed by atoms with van der Waals surface area (Å²) in [6.07, 6.45) is 0.398. The molecule has 0 radical (unpaired) electrons. The number of sulfone groups is 1. The van der Waals surface area contributed by atoms with E-state index >= 15 is 0 Å². The fraction of sp³-hybridized carbons (Fsp3) is 0.429. The van der Waals surface area contributed by atoms with Crippen molar-refractivity contribution in [1.82, 2.24) is 10.6 Å². The molecule has 23 heavy (non-hydrogen) atoms. The van der Waals surface area contributed by atoms with Crippen LogP contribution in [0.15, 0.2) is 28.7 Å². The maximum Gasteiger partial charge on any atom is 0.315 e. The van der Waals surface area contributed by atoms with Crippen molar-refractivity contribution in [3.63, 3.8) is 0 Å². The van der Waals surface area contributed by atoms with Crippen molar-refractivity contribution in [2.24, 2.45) is 0 Å². The molecule has 1 aromatic rings. The van der Waals surface area contributed by atoms with E-state index in [1.54, 1.807) is 31.2 Å². The molecule has 1 aliphatic rings. The number of hydrogen-bond donors (Lipinski definition) is 3. The minimum Gasteiger partial charge on any atom is -0.334 e. The Labute approximate surface area is 143 Å². The Morgan fingerprint density at radius 1 is 1.26 bits per heavy atom. The molecule has 2 rings (SSSR count). The van der Waals surface area contributed by atoms with Gasteiger partial charge in [0.2, 0.25) is 5.91 Å². The normalized spacial score (nSPS) is 20.5. The predicted molar refractivity (Wildman–Crippen MR) is 91.0 cm³/mol. The van der Waals surface area contributed by atoms with Gasteiger partial charge in [-0.2, -0.15) is 0 Å². The zero-order chi connectivity index (χ0) is 17.0. The standard InChI is InChI=1S/C14H18BrN3O4S/c1-9(13(19)17-11-4-2-10(15)3-5-11)16-14(20)18-12-6-7-23(21,22)8-12/h2-5,9,12H,6-8H2,1H3,(H,17,19)(H2,16,18,20)/t9-,12?/m1/s1. The molecule has 0 aliphatic carbocycles. The van der Waals surface area contributed by atoms with Crippen LogP contribution in [0, 0.1) is 0 Å². The summed E-state index contributed by atoms with van der Waals surface area (Å²) in [6.45, 7) is 1.55. The molecule has 126 valence electrons. The van der Waals surface area contributed by atoms with Crippen LogP contribution >= 0.6 is 15.9 Å². The van der Waals surface area contributed by atoms with Gasteiger partial charge in [0.15, 0.2) is 9.84 Å². The number of amides is 3. The fourth-order valence-electron chi connectivity index (χ4n) is 2.18. The van der Waals surface area contributed by atoms with E-state index in [-0.39, 0.29) is 17.4 Å². The minimum atomic E-state index is -3.06. The Morgan fingerprint density at radius 2 is 1.91 bits per heavy atom. The molecule has 2 atom stereocenters. The fourth-order valence-corrected chi connectivity index (χ4v) is 4.12. The SMILES string of the molecule is C[C@@H](NC(=O)NC1CCS(=O)(=O)C1)C(=O)Nc1ccc(Br)cc1. The monoisotopic (exact) mass is 403 g/mol. The number of urea groups is 1. The van der Waals surface area contributed by atoms with Gasteiger partial charge in [-0.15, -0.1) is 0 Å². The minimum absolute atomic E-state index is 0.0557. The van der Waals surface area contributed by atoms with Gasteiger partial charge in [-0.1, -0.05) is 15.9 Å². The Morgan fingerprint density at radius 3 is 2.48 bits per heavy atom. The van der Waals surface area contributed by atoms with E-state index in [0.29, 0.717) is 12.1 Å². The quantitative estimate of drug-likeness (QED) is 0.703. The van der Waals surface area contributed by atoms with Crippen LogP contribution in [0.4, 0.5) is 10.5 Å². The molecule has 3 N–H and O–H groups in total. The molecule has 1 fully saturated rings. The maximum atomic E-state index is 12.0. The lowest BCUT2D eigenvalue weighted by Crippen LogP contribution is -2.49. The lowest BCUT2D eigenvalue weighted by atomic mass is 10.2. The average Bonchev–Trinajstić information content (AvgIpc) is 2.80. The molecular formula is C14H18BrN3O4S. The third kappa shape index (κ3) is 5.51. The zero-order valence-electron chi connectivity index (χ0n) is 12.5. The summed E-state index contributed by atoms with van der Waals surface area (Å²) in [5.74, 6) is -0.334. The van der Waals surface area contributed by atoms with Crippen LogP contribution in [0.3, 0.4) is 0 Å². The van der Waals surface area contributed by atoms with E-state index in [1.165, 1.54) is 0 Å². The highest BCUT2D eigenvalue weighted by Crippen LogP contribution is 2.14. The number of rotatable bonds is 4. The highest BCUT2D eigenvalue weighted by atomic mass is 79.9. The van der Waals surface area contributed by atoms with Crippen LogP contribution in [0.2, 0.25) is 0 Å². The number of nitrogens with one attached hydrogen (secondary N) is 3. The third-order valence-corrected chi connectivity index (χ3v) is 5.72. The van der Waals surface area contributed by atoms with Crippen molar-refractivity contribution in [1.29, 1.82) is 0 Å². The summed E-state index contributed by atoms with van der Waals surface area (Å²) in [4.78, 5) is 23.8. The Bertz CT molecular complexity index is 690. The number of anilines is 1. The van der Waals surface area contributed by atoms with Crippen LogP contribution < -0.4 is 16.0 Å². The molecule has 0 saturated carbocycles. The van der Waals surface area contributed by atoms with Gasteiger partial charge in [-0.05, 0) is 37.6 Å². The van der Waals surface area contributed by atoms with Gasteiger partial charge in [0.05, 0.1) is 11.5 Å². The lowest BCUT2D eigenvalue weighted by molar-refractivity contribution is -0.117. The number of benzene rings is 1. The van der Waals surface area contributed by atoms with Crippen molar-refractivity contribution in [3.05, 3.63) is 28.7 Å². The average molecular weight is 404 g/mol. The van der Waals surface area contributed by atoms with Gasteiger partial charge in [0, 0.05) is 16.2 Å². The summed E-state index contributed by atoms with van der Waals surface area (Å²) in [6, 6.07) is 5.35. The van der Waals surface area contributed by atoms with E-state index in [4.69, 9.17) is 0 Å². The smallest absolute Gasteiger partial charge is 0.315 e. The van der Waals surface area contributed by atoms with Crippen molar-refractivity contribution in [3.8, 4) is 0 Å². The van der Waals surface area contributed by atoms with Crippen LogP contribution in [-0.2, 0) is 14.6 Å². The molecule has 1 unspecified atom stereocenters. The Hall–Kier alpha value is -1.61. The largest absolute Gasteiger partial charge is 0.334 e.